The van der Waals surface area contributed by atoms with Gasteiger partial charge in [0.15, 0.2) is 6.04 Å². The number of urea groups is 1. The van der Waals surface area contributed by atoms with Crippen LogP contribution in [0.1, 0.15) is 25.5 Å². The van der Waals surface area contributed by atoms with Crippen LogP contribution in [0.25, 0.3) is 0 Å². The summed E-state index contributed by atoms with van der Waals surface area (Å²) in [6, 6.07) is -1.50. The summed E-state index contributed by atoms with van der Waals surface area (Å²) in [4.78, 5) is 24.6. The molecule has 1 atom stereocenters. The molecule has 1 heterocycles. The van der Waals surface area contributed by atoms with Gasteiger partial charge in [0, 0.05) is 32.4 Å². The molecule has 0 bridgehead atoms. The van der Waals surface area contributed by atoms with Gasteiger partial charge < -0.3 is 15.3 Å². The van der Waals surface area contributed by atoms with Crippen LogP contribution in [0.5, 0.6) is 0 Å². The zero-order valence-corrected chi connectivity index (χ0v) is 11.6. The van der Waals surface area contributed by atoms with Gasteiger partial charge in [-0.2, -0.15) is 5.10 Å². The van der Waals surface area contributed by atoms with Gasteiger partial charge in [-0.05, 0) is 5.92 Å². The Morgan fingerprint density at radius 2 is 2.16 bits per heavy atom. The van der Waals surface area contributed by atoms with E-state index >= 15 is 0 Å². The molecule has 0 saturated carbocycles. The molecule has 1 aromatic heterocycles. The molecule has 0 aromatic carbocycles. The summed E-state index contributed by atoms with van der Waals surface area (Å²) < 4.78 is 1.50. The third kappa shape index (κ3) is 4.27. The van der Waals surface area contributed by atoms with Gasteiger partial charge >= 0.3 is 12.0 Å². The van der Waals surface area contributed by atoms with E-state index in [2.05, 4.69) is 10.4 Å². The van der Waals surface area contributed by atoms with E-state index in [1.165, 1.54) is 15.8 Å². The first-order chi connectivity index (χ1) is 8.81. The molecular weight excluding hydrogens is 248 g/mol. The summed E-state index contributed by atoms with van der Waals surface area (Å²) in [6.07, 6.45) is 3.00. The monoisotopic (exact) mass is 268 g/mol. The molecule has 0 aliphatic rings. The Bertz CT molecular complexity index is 456. The van der Waals surface area contributed by atoms with Crippen molar-refractivity contribution in [2.24, 2.45) is 13.0 Å². The molecule has 2 N–H and O–H groups in total. The lowest BCUT2D eigenvalue weighted by Gasteiger charge is -2.22. The quantitative estimate of drug-likeness (QED) is 0.828. The lowest BCUT2D eigenvalue weighted by atomic mass is 10.1. The average molecular weight is 268 g/mol. The number of aryl methyl sites for hydroxylation is 1. The average Bonchev–Trinajstić information content (AvgIpc) is 2.70. The number of amides is 2. The number of nitrogens with zero attached hydrogens (tertiary/aromatic N) is 3. The van der Waals surface area contributed by atoms with E-state index in [4.69, 9.17) is 0 Å². The molecule has 1 aromatic rings. The SMILES string of the molecule is CC(C)CN(C)C(=O)NC(C(=O)O)c1cnn(C)c1. The van der Waals surface area contributed by atoms with Crippen molar-refractivity contribution in [3.05, 3.63) is 18.0 Å². The number of hydrogen-bond acceptors (Lipinski definition) is 3. The van der Waals surface area contributed by atoms with Crippen LogP contribution in [0.2, 0.25) is 0 Å². The van der Waals surface area contributed by atoms with Gasteiger partial charge in [0.1, 0.15) is 0 Å². The van der Waals surface area contributed by atoms with Crippen LogP contribution in [0, 0.1) is 5.92 Å². The third-order valence-corrected chi connectivity index (χ3v) is 2.56. The first kappa shape index (κ1) is 15.0. The zero-order valence-electron chi connectivity index (χ0n) is 11.6. The first-order valence-corrected chi connectivity index (χ1v) is 6.04. The first-order valence-electron chi connectivity index (χ1n) is 6.04. The number of carboxylic acid groups (broad SMARTS) is 1. The molecule has 7 heteroatoms. The smallest absolute Gasteiger partial charge is 0.331 e. The summed E-state index contributed by atoms with van der Waals surface area (Å²) in [5.74, 6) is -0.795. The van der Waals surface area contributed by atoms with Crippen LogP contribution in [0.3, 0.4) is 0 Å². The topological polar surface area (TPSA) is 87.5 Å². The molecule has 0 fully saturated rings. The predicted molar refractivity (Wildman–Crippen MR) is 69.6 cm³/mol. The van der Waals surface area contributed by atoms with Crippen molar-refractivity contribution >= 4 is 12.0 Å². The molecular formula is C12H20N4O3. The fourth-order valence-electron chi connectivity index (χ4n) is 1.74. The van der Waals surface area contributed by atoms with Gasteiger partial charge in [-0.15, -0.1) is 0 Å². The van der Waals surface area contributed by atoms with Gasteiger partial charge in [0.05, 0.1) is 6.20 Å². The summed E-state index contributed by atoms with van der Waals surface area (Å²) in [7, 11) is 3.33. The van der Waals surface area contributed by atoms with Crippen LogP contribution in [-0.4, -0.2) is 45.4 Å². The van der Waals surface area contributed by atoms with Crippen LogP contribution in [-0.2, 0) is 11.8 Å². The van der Waals surface area contributed by atoms with Crippen LogP contribution in [0.4, 0.5) is 4.79 Å². The summed E-state index contributed by atoms with van der Waals surface area (Å²) >= 11 is 0. The second-order valence-electron chi connectivity index (χ2n) is 4.94. The lowest BCUT2D eigenvalue weighted by molar-refractivity contribution is -0.139. The molecule has 1 rings (SSSR count). The second-order valence-corrected chi connectivity index (χ2v) is 4.94. The Morgan fingerprint density at radius 1 is 1.53 bits per heavy atom. The fraction of sp³-hybridized carbons (Fsp3) is 0.583. The zero-order chi connectivity index (χ0) is 14.6. The Morgan fingerprint density at radius 3 is 2.58 bits per heavy atom. The van der Waals surface area contributed by atoms with E-state index in [-0.39, 0.29) is 0 Å². The number of aliphatic carboxylic acids is 1. The minimum absolute atomic E-state index is 0.317. The number of nitrogens with one attached hydrogen (secondary N) is 1. The summed E-state index contributed by atoms with van der Waals surface area (Å²) in [5, 5.41) is 15.6. The van der Waals surface area contributed by atoms with E-state index in [9.17, 15) is 14.7 Å². The van der Waals surface area contributed by atoms with Crippen LogP contribution in [0.15, 0.2) is 12.4 Å². The van der Waals surface area contributed by atoms with E-state index in [0.29, 0.717) is 18.0 Å². The molecule has 7 nitrogen and oxygen atoms in total. The molecule has 106 valence electrons. The highest BCUT2D eigenvalue weighted by Gasteiger charge is 2.24. The maximum Gasteiger partial charge on any atom is 0.331 e. The van der Waals surface area contributed by atoms with Crippen molar-refractivity contribution in [3.63, 3.8) is 0 Å². The molecule has 0 spiro atoms. The number of rotatable bonds is 5. The van der Waals surface area contributed by atoms with Crippen molar-refractivity contribution in [3.8, 4) is 0 Å². The van der Waals surface area contributed by atoms with Gasteiger partial charge in [0.2, 0.25) is 0 Å². The fourth-order valence-corrected chi connectivity index (χ4v) is 1.74. The van der Waals surface area contributed by atoms with Crippen molar-refractivity contribution in [2.45, 2.75) is 19.9 Å². The normalized spacial score (nSPS) is 12.3. The number of carboxylic acids is 1. The van der Waals surface area contributed by atoms with Crippen molar-refractivity contribution in [1.29, 1.82) is 0 Å². The molecule has 0 aliphatic carbocycles. The van der Waals surface area contributed by atoms with Gasteiger partial charge in [-0.3, -0.25) is 4.68 Å². The highest BCUT2D eigenvalue weighted by molar-refractivity contribution is 5.83. The van der Waals surface area contributed by atoms with E-state index < -0.39 is 18.0 Å². The van der Waals surface area contributed by atoms with Crippen molar-refractivity contribution in [2.75, 3.05) is 13.6 Å². The number of aromatic nitrogens is 2. The summed E-state index contributed by atoms with van der Waals surface area (Å²) in [5.41, 5.74) is 0.446. The van der Waals surface area contributed by atoms with Gasteiger partial charge in [0.25, 0.3) is 0 Å². The van der Waals surface area contributed by atoms with E-state index in [1.807, 2.05) is 13.8 Å². The van der Waals surface area contributed by atoms with Gasteiger partial charge in [-0.1, -0.05) is 13.8 Å². The lowest BCUT2D eigenvalue weighted by Crippen LogP contribution is -2.43. The van der Waals surface area contributed by atoms with Gasteiger partial charge in [-0.25, -0.2) is 9.59 Å². The van der Waals surface area contributed by atoms with Crippen molar-refractivity contribution in [1.82, 2.24) is 20.0 Å². The number of carbonyl (C=O) groups excluding carboxylic acids is 1. The largest absolute Gasteiger partial charge is 0.479 e. The minimum Gasteiger partial charge on any atom is -0.479 e. The molecule has 0 aliphatic heterocycles. The standard InChI is InChI=1S/C12H20N4O3/c1-8(2)6-15(3)12(19)14-10(11(17)18)9-5-13-16(4)7-9/h5,7-8,10H,6H2,1-4H3,(H,14,19)(H,17,18). The second kappa shape index (κ2) is 6.21. The van der Waals surface area contributed by atoms with E-state index in [0.717, 1.165) is 0 Å². The Labute approximate surface area is 112 Å². The maximum absolute atomic E-state index is 11.9. The number of hydrogen-bond donors (Lipinski definition) is 2. The Kier molecular flexibility index (Phi) is 4.91. The molecule has 0 saturated heterocycles. The van der Waals surface area contributed by atoms with Crippen LogP contribution < -0.4 is 5.32 Å². The molecule has 2 amide bonds. The Balaban J connectivity index is 2.75. The Hall–Kier alpha value is -2.05. The minimum atomic E-state index is -1.11. The predicted octanol–water partition coefficient (Wildman–Crippen LogP) is 0.843. The molecule has 0 radical (unpaired) electrons. The van der Waals surface area contributed by atoms with Crippen LogP contribution >= 0.6 is 0 Å². The maximum atomic E-state index is 11.9. The highest BCUT2D eigenvalue weighted by atomic mass is 16.4. The number of carbonyl (C=O) groups is 2. The summed E-state index contributed by atoms with van der Waals surface area (Å²) in [6.45, 7) is 4.53. The molecule has 19 heavy (non-hydrogen) atoms. The van der Waals surface area contributed by atoms with E-state index in [1.54, 1.807) is 20.3 Å². The molecule has 1 unspecified atom stereocenters. The van der Waals surface area contributed by atoms with Crippen molar-refractivity contribution < 1.29 is 14.7 Å². The third-order valence-electron chi connectivity index (χ3n) is 2.56. The highest BCUT2D eigenvalue weighted by Crippen LogP contribution is 2.12.